The fraction of sp³-hybridized carbons (Fsp3) is 0.682. The van der Waals surface area contributed by atoms with Crippen LogP contribution in [-0.2, 0) is 6.54 Å². The van der Waals surface area contributed by atoms with Crippen LogP contribution in [0.5, 0.6) is 0 Å². The number of guanidine groups is 1. The number of hydrogen-bond donors (Lipinski definition) is 2. The topological polar surface area (TPSA) is 42.9 Å². The molecule has 0 aromatic heterocycles. The molecule has 0 bridgehead atoms. The van der Waals surface area contributed by atoms with Gasteiger partial charge in [-0.15, -0.1) is 24.0 Å². The first-order chi connectivity index (χ1) is 13.8. The summed E-state index contributed by atoms with van der Waals surface area (Å²) in [4.78, 5) is 9.57. The third kappa shape index (κ3) is 8.63. The Morgan fingerprint density at radius 1 is 1.10 bits per heavy atom. The van der Waals surface area contributed by atoms with Crippen LogP contribution in [0, 0.1) is 0 Å². The van der Waals surface area contributed by atoms with E-state index in [0.717, 1.165) is 30.7 Å². The van der Waals surface area contributed by atoms with Crippen LogP contribution in [0.3, 0.4) is 0 Å². The molecule has 0 radical (unpaired) electrons. The molecule has 3 rings (SSSR count). The number of hydrogen-bond acceptors (Lipinski definition) is 4. The Bertz CT molecular complexity index is 592. The fourth-order valence-corrected chi connectivity index (χ4v) is 4.99. The number of halogens is 1. The number of aliphatic imine (C=N–C) groups is 1. The number of nitrogens with zero attached hydrogens (tertiary/aromatic N) is 3. The minimum Gasteiger partial charge on any atom is -0.356 e. The van der Waals surface area contributed by atoms with E-state index in [1.807, 2.05) is 18.8 Å². The Morgan fingerprint density at radius 2 is 1.83 bits per heavy atom. The molecule has 1 aromatic carbocycles. The molecule has 1 saturated carbocycles. The minimum absolute atomic E-state index is 0. The third-order valence-electron chi connectivity index (χ3n) is 5.94. The lowest BCUT2D eigenvalue weighted by atomic mass is 10.2. The van der Waals surface area contributed by atoms with Crippen molar-refractivity contribution in [1.29, 1.82) is 0 Å². The van der Waals surface area contributed by atoms with Gasteiger partial charge in [-0.05, 0) is 44.0 Å². The fourth-order valence-electron chi connectivity index (χ4n) is 4.20. The molecular weight excluding hydrogens is 493 g/mol. The van der Waals surface area contributed by atoms with E-state index in [-0.39, 0.29) is 24.0 Å². The summed E-state index contributed by atoms with van der Waals surface area (Å²) >= 11 is 2.00. The Kier molecular flexibility index (Phi) is 11.7. The first kappa shape index (κ1) is 24.8. The molecular formula is C22H38IN5S. The van der Waals surface area contributed by atoms with Crippen molar-refractivity contribution in [3.05, 3.63) is 35.9 Å². The number of nitrogens with one attached hydrogen (secondary N) is 2. The van der Waals surface area contributed by atoms with Gasteiger partial charge < -0.3 is 15.5 Å². The van der Waals surface area contributed by atoms with Gasteiger partial charge in [-0.3, -0.25) is 9.89 Å². The van der Waals surface area contributed by atoms with Crippen LogP contribution in [0.2, 0.25) is 0 Å². The molecule has 2 N–H and O–H groups in total. The molecule has 1 aromatic rings. The standard InChI is InChI=1S/C22H37N5S.HI/c1-23-22(25-20-9-10-21(17-20)28-2)24-11-6-12-26-13-15-27(16-14-26)18-19-7-4-3-5-8-19;/h3-5,7-8,20-21H,6,9-18H2,1-2H3,(H2,23,24,25);1H. The van der Waals surface area contributed by atoms with Crippen molar-refractivity contribution < 1.29 is 0 Å². The second-order valence-electron chi connectivity index (χ2n) is 7.97. The molecule has 7 heteroatoms. The average molecular weight is 532 g/mol. The average Bonchev–Trinajstić information content (AvgIpc) is 3.20. The van der Waals surface area contributed by atoms with E-state index in [2.05, 4.69) is 62.0 Å². The SMILES string of the molecule is CN=C(NCCCN1CCN(Cc2ccccc2)CC1)NC1CCC(SC)C1.I. The van der Waals surface area contributed by atoms with Gasteiger partial charge in [0.05, 0.1) is 0 Å². The molecule has 2 aliphatic rings. The van der Waals surface area contributed by atoms with Crippen molar-refractivity contribution in [2.75, 3.05) is 52.6 Å². The molecule has 164 valence electrons. The number of thioether (sulfide) groups is 1. The van der Waals surface area contributed by atoms with Crippen molar-refractivity contribution in [2.24, 2.45) is 4.99 Å². The predicted molar refractivity (Wildman–Crippen MR) is 138 cm³/mol. The second-order valence-corrected chi connectivity index (χ2v) is 9.11. The van der Waals surface area contributed by atoms with Crippen molar-refractivity contribution >= 4 is 41.7 Å². The predicted octanol–water partition coefficient (Wildman–Crippen LogP) is 3.26. The van der Waals surface area contributed by atoms with E-state index >= 15 is 0 Å². The highest BCUT2D eigenvalue weighted by molar-refractivity contribution is 14.0. The normalized spacial score (nSPS) is 23.6. The lowest BCUT2D eigenvalue weighted by molar-refractivity contribution is 0.126. The minimum atomic E-state index is 0. The molecule has 2 fully saturated rings. The van der Waals surface area contributed by atoms with Crippen molar-refractivity contribution in [3.63, 3.8) is 0 Å². The highest BCUT2D eigenvalue weighted by Gasteiger charge is 2.24. The van der Waals surface area contributed by atoms with Gasteiger partial charge in [-0.2, -0.15) is 11.8 Å². The van der Waals surface area contributed by atoms with Crippen molar-refractivity contribution in [2.45, 2.75) is 43.5 Å². The van der Waals surface area contributed by atoms with Crippen LogP contribution < -0.4 is 10.6 Å². The molecule has 1 aliphatic heterocycles. The number of benzene rings is 1. The summed E-state index contributed by atoms with van der Waals surface area (Å²) in [6.07, 6.45) is 7.24. The Balaban J connectivity index is 0.00000300. The summed E-state index contributed by atoms with van der Waals surface area (Å²) in [5.74, 6) is 0.972. The van der Waals surface area contributed by atoms with E-state index in [4.69, 9.17) is 0 Å². The number of rotatable bonds is 8. The van der Waals surface area contributed by atoms with Crippen molar-refractivity contribution in [3.8, 4) is 0 Å². The first-order valence-electron chi connectivity index (χ1n) is 10.8. The monoisotopic (exact) mass is 531 g/mol. The van der Waals surface area contributed by atoms with E-state index in [0.29, 0.717) is 6.04 Å². The van der Waals surface area contributed by atoms with Gasteiger partial charge in [-0.25, -0.2) is 0 Å². The lowest BCUT2D eigenvalue weighted by Crippen LogP contribution is -2.47. The molecule has 0 amide bonds. The number of piperazine rings is 1. The maximum absolute atomic E-state index is 4.40. The molecule has 1 heterocycles. The van der Waals surface area contributed by atoms with Gasteiger partial charge in [0, 0.05) is 57.6 Å². The zero-order valence-corrected chi connectivity index (χ0v) is 21.1. The highest BCUT2D eigenvalue weighted by Crippen LogP contribution is 2.27. The van der Waals surface area contributed by atoms with Crippen LogP contribution in [0.1, 0.15) is 31.2 Å². The lowest BCUT2D eigenvalue weighted by Gasteiger charge is -2.34. The molecule has 1 aliphatic carbocycles. The van der Waals surface area contributed by atoms with Gasteiger partial charge in [0.25, 0.3) is 0 Å². The molecule has 1 saturated heterocycles. The maximum Gasteiger partial charge on any atom is 0.191 e. The quantitative estimate of drug-likeness (QED) is 0.233. The van der Waals surface area contributed by atoms with Gasteiger partial charge in [0.2, 0.25) is 0 Å². The molecule has 29 heavy (non-hydrogen) atoms. The van der Waals surface area contributed by atoms with Crippen LogP contribution in [-0.4, -0.2) is 79.6 Å². The smallest absolute Gasteiger partial charge is 0.191 e. The van der Waals surface area contributed by atoms with E-state index in [9.17, 15) is 0 Å². The summed E-state index contributed by atoms with van der Waals surface area (Å²) in [6, 6.07) is 11.4. The first-order valence-corrected chi connectivity index (χ1v) is 12.0. The van der Waals surface area contributed by atoms with E-state index < -0.39 is 0 Å². The molecule has 2 atom stereocenters. The van der Waals surface area contributed by atoms with E-state index in [1.54, 1.807) is 0 Å². The van der Waals surface area contributed by atoms with Crippen molar-refractivity contribution in [1.82, 2.24) is 20.4 Å². The molecule has 5 nitrogen and oxygen atoms in total. The third-order valence-corrected chi connectivity index (χ3v) is 7.03. The van der Waals surface area contributed by atoms with E-state index in [1.165, 1.54) is 57.5 Å². The van der Waals surface area contributed by atoms with Gasteiger partial charge in [0.1, 0.15) is 0 Å². The van der Waals surface area contributed by atoms with Gasteiger partial charge in [-0.1, -0.05) is 30.3 Å². The van der Waals surface area contributed by atoms with Gasteiger partial charge >= 0.3 is 0 Å². The summed E-state index contributed by atoms with van der Waals surface area (Å²) < 4.78 is 0. The molecule has 2 unspecified atom stereocenters. The zero-order chi connectivity index (χ0) is 19.6. The van der Waals surface area contributed by atoms with Crippen LogP contribution in [0.15, 0.2) is 35.3 Å². The van der Waals surface area contributed by atoms with Crippen LogP contribution in [0.4, 0.5) is 0 Å². The van der Waals surface area contributed by atoms with Crippen LogP contribution >= 0.6 is 35.7 Å². The second kappa shape index (κ2) is 13.7. The maximum atomic E-state index is 4.40. The Labute approximate surface area is 198 Å². The highest BCUT2D eigenvalue weighted by atomic mass is 127. The zero-order valence-electron chi connectivity index (χ0n) is 18.0. The summed E-state index contributed by atoms with van der Waals surface area (Å²) in [5.41, 5.74) is 1.42. The summed E-state index contributed by atoms with van der Waals surface area (Å²) in [6.45, 7) is 7.93. The Morgan fingerprint density at radius 3 is 2.48 bits per heavy atom. The summed E-state index contributed by atoms with van der Waals surface area (Å²) in [7, 11) is 1.88. The molecule has 0 spiro atoms. The largest absolute Gasteiger partial charge is 0.356 e. The van der Waals surface area contributed by atoms with Gasteiger partial charge in [0.15, 0.2) is 5.96 Å². The Hall–Kier alpha value is -0.510. The van der Waals surface area contributed by atoms with Crippen LogP contribution in [0.25, 0.3) is 0 Å². The summed E-state index contributed by atoms with van der Waals surface area (Å²) in [5, 5.41) is 7.92.